The molecule has 0 aromatic carbocycles. The van der Waals surface area contributed by atoms with Crippen LogP contribution in [0.1, 0.15) is 49.6 Å². The van der Waals surface area contributed by atoms with Gasteiger partial charge in [0.25, 0.3) is 11.1 Å². The Kier molecular flexibility index (Phi) is 10.2. The number of fused-ring (bicyclic) bond motifs is 3. The van der Waals surface area contributed by atoms with E-state index >= 15 is 0 Å². The summed E-state index contributed by atoms with van der Waals surface area (Å²) in [5, 5.41) is 8.56. The molecule has 0 unspecified atom stereocenters. The van der Waals surface area contributed by atoms with Gasteiger partial charge in [-0.3, -0.25) is 19.3 Å². The molecular formula is C37H43N9O5S. The molecule has 0 radical (unpaired) electrons. The first-order chi connectivity index (χ1) is 25.1. The third-order valence-electron chi connectivity index (χ3n) is 10.1. The van der Waals surface area contributed by atoms with Gasteiger partial charge < -0.3 is 24.3 Å². The predicted molar refractivity (Wildman–Crippen MR) is 203 cm³/mol. The zero-order valence-electron chi connectivity index (χ0n) is 29.9. The third-order valence-corrected chi connectivity index (χ3v) is 11.4. The van der Waals surface area contributed by atoms with Crippen molar-refractivity contribution in [3.8, 4) is 16.9 Å². The van der Waals surface area contributed by atoms with Crippen LogP contribution in [0, 0.1) is 0 Å². The van der Waals surface area contributed by atoms with Crippen molar-refractivity contribution in [2.24, 2.45) is 17.0 Å². The molecule has 4 aromatic rings. The number of nitrogens with one attached hydrogen (secondary N) is 1. The molecule has 1 aliphatic carbocycles. The Bertz CT molecular complexity index is 2220. The van der Waals surface area contributed by atoms with Gasteiger partial charge in [-0.05, 0) is 69.5 Å². The molecule has 14 nitrogen and oxygen atoms in total. The Morgan fingerprint density at radius 1 is 1.19 bits per heavy atom. The fraction of sp³-hybridized carbons (Fsp3) is 0.432. The van der Waals surface area contributed by atoms with Crippen LogP contribution < -0.4 is 16.4 Å². The minimum absolute atomic E-state index is 0.166. The van der Waals surface area contributed by atoms with E-state index in [4.69, 9.17) is 14.5 Å². The standard InChI is InChI=1S/C37H43N9O5S/c1-22-17-44(26-19-50-20-26)12-13-45(22)23(2)40-16-33(38-4)42-31-14-25(18-43(5)36(31)48)27-10-11-39-35(30(27)21-51-24(3)47)46-37(49)34-29(15-41-46)28-8-6-7-9-32(28)52-34/h10-11,14-16,18,22,26,42H,4,6-9,12-13,17,19-21H2,1-3,5H3/b33-16+,40-23?/t22-/m0/s1. The number of aromatic nitrogens is 4. The van der Waals surface area contributed by atoms with E-state index < -0.39 is 5.97 Å². The van der Waals surface area contributed by atoms with E-state index in [9.17, 15) is 14.4 Å². The zero-order valence-corrected chi connectivity index (χ0v) is 30.7. The topological polar surface area (TPSA) is 149 Å². The van der Waals surface area contributed by atoms with Crippen molar-refractivity contribution in [2.45, 2.75) is 65.1 Å². The molecule has 0 amide bonds. The number of anilines is 1. The number of aryl methyl sites for hydroxylation is 3. The molecule has 52 heavy (non-hydrogen) atoms. The van der Waals surface area contributed by atoms with E-state index in [1.807, 2.05) is 6.92 Å². The van der Waals surface area contributed by atoms with Crippen LogP contribution in [-0.4, -0.2) is 92.6 Å². The first-order valence-electron chi connectivity index (χ1n) is 17.5. The molecule has 4 aromatic heterocycles. The number of esters is 1. The van der Waals surface area contributed by atoms with Crippen molar-refractivity contribution in [2.75, 3.05) is 38.2 Å². The lowest BCUT2D eigenvalue weighted by Gasteiger charge is -2.46. The van der Waals surface area contributed by atoms with Crippen LogP contribution >= 0.6 is 11.3 Å². The lowest BCUT2D eigenvalue weighted by atomic mass is 9.97. The summed E-state index contributed by atoms with van der Waals surface area (Å²) in [5.74, 6) is 0.891. The summed E-state index contributed by atoms with van der Waals surface area (Å²) in [6, 6.07) is 4.22. The highest BCUT2D eigenvalue weighted by Gasteiger charge is 2.32. The van der Waals surface area contributed by atoms with Gasteiger partial charge in [-0.25, -0.2) is 15.0 Å². The van der Waals surface area contributed by atoms with E-state index in [2.05, 4.69) is 43.8 Å². The maximum Gasteiger partial charge on any atom is 0.302 e. The predicted octanol–water partition coefficient (Wildman–Crippen LogP) is 3.88. The lowest BCUT2D eigenvalue weighted by molar-refractivity contribution is -0.142. The first-order valence-corrected chi connectivity index (χ1v) is 18.4. The van der Waals surface area contributed by atoms with E-state index in [1.165, 1.54) is 38.0 Å². The summed E-state index contributed by atoms with van der Waals surface area (Å²) in [7, 11) is 1.65. The molecule has 1 atom stereocenters. The normalized spacial score (nSPS) is 18.6. The average molecular weight is 726 g/mol. The van der Waals surface area contributed by atoms with Gasteiger partial charge in [0.2, 0.25) is 0 Å². The highest BCUT2D eigenvalue weighted by Crippen LogP contribution is 2.35. The van der Waals surface area contributed by atoms with Crippen molar-refractivity contribution in [3.63, 3.8) is 0 Å². The second-order valence-electron chi connectivity index (χ2n) is 13.5. The van der Waals surface area contributed by atoms with Gasteiger partial charge in [-0.15, -0.1) is 11.3 Å². The smallest absolute Gasteiger partial charge is 0.302 e. The highest BCUT2D eigenvalue weighted by molar-refractivity contribution is 7.19. The number of hydrogen-bond donors (Lipinski definition) is 1. The highest BCUT2D eigenvalue weighted by atomic mass is 32.1. The maximum absolute atomic E-state index is 13.9. The fourth-order valence-corrected chi connectivity index (χ4v) is 8.50. The summed E-state index contributed by atoms with van der Waals surface area (Å²) in [5.41, 5.74) is 2.55. The number of ether oxygens (including phenoxy) is 2. The van der Waals surface area contributed by atoms with Crippen molar-refractivity contribution in [1.29, 1.82) is 0 Å². The van der Waals surface area contributed by atoms with Gasteiger partial charge in [-0.1, -0.05) is 0 Å². The summed E-state index contributed by atoms with van der Waals surface area (Å²) in [6.07, 6.45) is 10.7. The number of rotatable bonds is 9. The molecule has 7 rings (SSSR count). The number of carbonyl (C=O) groups excluding carboxylic acids is 1. The van der Waals surface area contributed by atoms with Gasteiger partial charge >= 0.3 is 5.97 Å². The molecule has 0 saturated carbocycles. The molecule has 0 spiro atoms. The van der Waals surface area contributed by atoms with Crippen molar-refractivity contribution in [3.05, 3.63) is 79.5 Å². The number of nitrogens with zero attached hydrogens (tertiary/aromatic N) is 8. The monoisotopic (exact) mass is 725 g/mol. The van der Waals surface area contributed by atoms with Gasteiger partial charge in [0, 0.05) is 73.4 Å². The SMILES string of the molecule is C=N/C(=C\N=C(C)N1CCN(C2COC2)C[C@@H]1C)Nc1cc(-c2ccnc(-n3ncc4c5c(sc4c3=O)CCCC5)c2COC(C)=O)cn(C)c1=O. The zero-order chi connectivity index (χ0) is 36.5. The number of thiophene rings is 1. The number of pyridine rings is 2. The first kappa shape index (κ1) is 35.4. The van der Waals surface area contributed by atoms with Gasteiger partial charge in [0.05, 0.1) is 31.7 Å². The van der Waals surface area contributed by atoms with Gasteiger partial charge in [-0.2, -0.15) is 9.78 Å². The number of amidine groups is 1. The molecule has 2 fully saturated rings. The van der Waals surface area contributed by atoms with Crippen molar-refractivity contribution in [1.82, 2.24) is 29.1 Å². The Balaban J connectivity index is 1.21. The summed E-state index contributed by atoms with van der Waals surface area (Å²) in [4.78, 5) is 58.7. The maximum atomic E-state index is 13.9. The van der Waals surface area contributed by atoms with Crippen LogP contribution in [-0.2, 0) is 40.8 Å². The Hall–Kier alpha value is -4.99. The van der Waals surface area contributed by atoms with Crippen molar-refractivity contribution < 1.29 is 14.3 Å². The van der Waals surface area contributed by atoms with Gasteiger partial charge in [0.1, 0.15) is 28.7 Å². The summed E-state index contributed by atoms with van der Waals surface area (Å²) < 4.78 is 14.2. The molecule has 15 heteroatoms. The van der Waals surface area contributed by atoms with E-state index in [1.54, 1.807) is 44.0 Å². The van der Waals surface area contributed by atoms with Crippen LogP contribution in [0.25, 0.3) is 27.0 Å². The van der Waals surface area contributed by atoms with Crippen LogP contribution in [0.3, 0.4) is 0 Å². The van der Waals surface area contributed by atoms with Crippen LogP contribution in [0.15, 0.2) is 62.3 Å². The summed E-state index contributed by atoms with van der Waals surface area (Å²) >= 11 is 1.52. The minimum atomic E-state index is -0.489. The Morgan fingerprint density at radius 2 is 2.00 bits per heavy atom. The molecule has 2 aliphatic heterocycles. The van der Waals surface area contributed by atoms with Crippen LogP contribution in [0.5, 0.6) is 0 Å². The average Bonchev–Trinajstić information content (AvgIpc) is 3.50. The second-order valence-corrected chi connectivity index (χ2v) is 14.6. The number of piperazine rings is 1. The second kappa shape index (κ2) is 14.9. The quantitative estimate of drug-likeness (QED) is 0.153. The number of carbonyl (C=O) groups is 1. The van der Waals surface area contributed by atoms with E-state index in [-0.39, 0.29) is 35.3 Å². The number of aliphatic imine (C=N–C) groups is 2. The number of hydrogen-bond acceptors (Lipinski definition) is 12. The molecule has 272 valence electrons. The Labute approximate surface area is 305 Å². The molecule has 2 saturated heterocycles. The van der Waals surface area contributed by atoms with E-state index in [0.29, 0.717) is 33.3 Å². The third kappa shape index (κ3) is 6.95. The largest absolute Gasteiger partial charge is 0.461 e. The van der Waals surface area contributed by atoms with Crippen molar-refractivity contribution >= 4 is 45.6 Å². The van der Waals surface area contributed by atoms with Gasteiger partial charge in [0.15, 0.2) is 5.82 Å². The molecule has 0 bridgehead atoms. The molecule has 6 heterocycles. The fourth-order valence-electron chi connectivity index (χ4n) is 7.21. The van der Waals surface area contributed by atoms with Crippen LogP contribution in [0.4, 0.5) is 5.69 Å². The van der Waals surface area contributed by atoms with E-state index in [0.717, 1.165) is 69.8 Å². The molecule has 3 aliphatic rings. The molecule has 1 N–H and O–H groups in total. The summed E-state index contributed by atoms with van der Waals surface area (Å²) in [6.45, 7) is 13.3. The molecular weight excluding hydrogens is 683 g/mol. The van der Waals surface area contributed by atoms with Crippen LogP contribution in [0.2, 0.25) is 0 Å². The lowest BCUT2D eigenvalue weighted by Crippen LogP contribution is -2.60. The Morgan fingerprint density at radius 3 is 2.73 bits per heavy atom. The minimum Gasteiger partial charge on any atom is -0.461 e.